The molecule has 0 aromatic heterocycles. The van der Waals surface area contributed by atoms with E-state index in [-0.39, 0.29) is 46.5 Å². The molecule has 306 valence electrons. The minimum Gasteiger partial charge on any atom is -1.00 e. The molecule has 0 spiro atoms. The summed E-state index contributed by atoms with van der Waals surface area (Å²) in [6.45, 7) is 39.0. The van der Waals surface area contributed by atoms with Crippen LogP contribution in [0.3, 0.4) is 0 Å². The van der Waals surface area contributed by atoms with Crippen LogP contribution in [-0.4, -0.2) is 3.21 Å². The second-order valence-electron chi connectivity index (χ2n) is 20.7. The molecular weight excluding hydrogens is 811 g/mol. The molecule has 0 amide bonds. The average Bonchev–Trinajstić information content (AvgIpc) is 3.76. The molecular formula is C54H70Cl2Zr-2. The summed E-state index contributed by atoms with van der Waals surface area (Å²) in [7, 11) is 0. The average molecular weight is 881 g/mol. The number of aryl methyl sites for hydroxylation is 2. The van der Waals surface area contributed by atoms with E-state index >= 15 is 0 Å². The topological polar surface area (TPSA) is 0 Å². The fourth-order valence-electron chi connectivity index (χ4n) is 7.29. The maximum Gasteiger partial charge on any atom is -1.00 e. The van der Waals surface area contributed by atoms with Crippen molar-refractivity contribution in [1.29, 1.82) is 0 Å². The Balaban J connectivity index is 0.000000335. The standard InChI is InChI=1S/C29H41.C15H14.C10H15.2ClH.Zr/c1-26(2,3)22-14-18-13-19-15-23(27(4,5)6)25(29(10,11)12)17-21(19)20(18)16-24(22)28(7,8)9;1-12-3-7-14(8-4-12)11-15-9-5-13(2)6-10-15;1-4-10(2,3)9-7-5-6-8-9;;;/h14,16-17H,13H2,1-12H3;3-10H,1-2H3;5,7H,4,6H2,1-3H3;2*1H;/q-1;;-1;;;+2/p-2. The van der Waals surface area contributed by atoms with Crippen molar-refractivity contribution in [3.63, 3.8) is 0 Å². The molecule has 4 aromatic carbocycles. The van der Waals surface area contributed by atoms with Gasteiger partial charge in [0.2, 0.25) is 0 Å². The molecule has 2 aliphatic carbocycles. The van der Waals surface area contributed by atoms with Gasteiger partial charge in [0.05, 0.1) is 0 Å². The monoisotopic (exact) mass is 878 g/mol. The fraction of sp³-hybridized carbons (Fsp3) is 0.463. The molecule has 0 aliphatic heterocycles. The van der Waals surface area contributed by atoms with Crippen LogP contribution >= 0.6 is 0 Å². The third kappa shape index (κ3) is 12.8. The summed E-state index contributed by atoms with van der Waals surface area (Å²) >= 11 is 1.46. The van der Waals surface area contributed by atoms with Crippen LogP contribution in [0.25, 0.3) is 11.1 Å². The number of hydrogen-bond donors (Lipinski definition) is 0. The zero-order chi connectivity index (χ0) is 41.3. The summed E-state index contributed by atoms with van der Waals surface area (Å²) in [5, 5.41) is 0. The van der Waals surface area contributed by atoms with E-state index in [0.717, 1.165) is 12.8 Å². The van der Waals surface area contributed by atoms with Crippen molar-refractivity contribution in [2.24, 2.45) is 5.41 Å². The Morgan fingerprint density at radius 1 is 0.596 bits per heavy atom. The van der Waals surface area contributed by atoms with Gasteiger partial charge in [-0.1, -0.05) is 127 Å². The summed E-state index contributed by atoms with van der Waals surface area (Å²) in [6, 6.07) is 28.9. The second-order valence-corrected chi connectivity index (χ2v) is 22.0. The van der Waals surface area contributed by atoms with E-state index in [1.54, 1.807) is 0 Å². The van der Waals surface area contributed by atoms with Crippen LogP contribution in [0, 0.1) is 31.4 Å². The molecule has 0 heterocycles. The Kier molecular flexibility index (Phi) is 17.3. The van der Waals surface area contributed by atoms with E-state index in [0.29, 0.717) is 5.41 Å². The number of rotatable bonds is 4. The van der Waals surface area contributed by atoms with Crippen molar-refractivity contribution in [1.82, 2.24) is 0 Å². The third-order valence-corrected chi connectivity index (χ3v) is 12.6. The zero-order valence-electron chi connectivity index (χ0n) is 38.4. The van der Waals surface area contributed by atoms with Crippen LogP contribution in [0.1, 0.15) is 172 Å². The minimum absolute atomic E-state index is 0. The van der Waals surface area contributed by atoms with E-state index in [9.17, 15) is 0 Å². The van der Waals surface area contributed by atoms with Gasteiger partial charge in [0.15, 0.2) is 0 Å². The molecule has 0 N–H and O–H groups in total. The Labute approximate surface area is 377 Å². The first kappa shape index (κ1) is 50.8. The first-order valence-corrected chi connectivity index (χ1v) is 21.8. The molecule has 0 nitrogen and oxygen atoms in total. The predicted octanol–water partition coefficient (Wildman–Crippen LogP) is 8.79. The van der Waals surface area contributed by atoms with Gasteiger partial charge in [0, 0.05) is 0 Å². The Hall–Kier alpha value is -2.31. The number of allylic oxidation sites excluding steroid dienone is 4. The van der Waals surface area contributed by atoms with Crippen LogP contribution in [-0.2, 0) is 52.3 Å². The van der Waals surface area contributed by atoms with Gasteiger partial charge in [0.1, 0.15) is 0 Å². The predicted molar refractivity (Wildman–Crippen MR) is 238 cm³/mol. The summed E-state index contributed by atoms with van der Waals surface area (Å²) in [5.41, 5.74) is 19.0. The van der Waals surface area contributed by atoms with E-state index in [1.807, 2.05) is 0 Å². The molecule has 0 bridgehead atoms. The van der Waals surface area contributed by atoms with Gasteiger partial charge in [-0.15, -0.1) is 23.1 Å². The fourth-order valence-corrected chi connectivity index (χ4v) is 8.11. The summed E-state index contributed by atoms with van der Waals surface area (Å²) in [5.74, 6) is 0. The molecule has 6 rings (SSSR count). The molecule has 0 atom stereocenters. The normalized spacial score (nSPS) is 13.5. The quantitative estimate of drug-likeness (QED) is 0.159. The molecule has 57 heavy (non-hydrogen) atoms. The van der Waals surface area contributed by atoms with Crippen LogP contribution in [0.4, 0.5) is 0 Å². The van der Waals surface area contributed by atoms with Gasteiger partial charge < -0.3 is 24.8 Å². The number of halogens is 2. The first-order chi connectivity index (χ1) is 25.2. The molecule has 0 unspecified atom stereocenters. The summed E-state index contributed by atoms with van der Waals surface area (Å²) in [6.07, 6.45) is 10.9. The van der Waals surface area contributed by atoms with Crippen molar-refractivity contribution >= 4 is 3.21 Å². The molecule has 0 radical (unpaired) electrons. The van der Waals surface area contributed by atoms with Gasteiger partial charge in [-0.05, 0) is 51.2 Å². The number of fused-ring (bicyclic) bond motifs is 3. The molecule has 0 fully saturated rings. The van der Waals surface area contributed by atoms with Gasteiger partial charge in [0.25, 0.3) is 0 Å². The van der Waals surface area contributed by atoms with Crippen LogP contribution in [0.5, 0.6) is 0 Å². The van der Waals surface area contributed by atoms with Gasteiger partial charge in [-0.25, -0.2) is 11.6 Å². The molecule has 3 heteroatoms. The maximum atomic E-state index is 3.90. The second kappa shape index (κ2) is 19.4. The number of benzene rings is 4. The summed E-state index contributed by atoms with van der Waals surface area (Å²) < 4.78 is 1.42. The van der Waals surface area contributed by atoms with Gasteiger partial charge >= 0.3 is 112 Å². The van der Waals surface area contributed by atoms with E-state index < -0.39 is 0 Å². The van der Waals surface area contributed by atoms with Crippen LogP contribution in [0.2, 0.25) is 0 Å². The Bertz CT molecular complexity index is 1920. The van der Waals surface area contributed by atoms with E-state index in [2.05, 4.69) is 209 Å². The van der Waals surface area contributed by atoms with Crippen molar-refractivity contribution in [2.75, 3.05) is 0 Å². The minimum atomic E-state index is 0. The van der Waals surface area contributed by atoms with E-state index in [1.165, 1.54) is 106 Å². The van der Waals surface area contributed by atoms with Crippen LogP contribution < -0.4 is 24.8 Å². The molecule has 0 saturated carbocycles. The molecule has 0 saturated heterocycles. The largest absolute Gasteiger partial charge is 1.00 e. The summed E-state index contributed by atoms with van der Waals surface area (Å²) in [4.78, 5) is 0. The van der Waals surface area contributed by atoms with Gasteiger partial charge in [-0.3, -0.25) is 6.08 Å². The third-order valence-electron chi connectivity index (χ3n) is 11.2. The maximum absolute atomic E-state index is 3.90. The molecule has 2 aliphatic rings. The van der Waals surface area contributed by atoms with Crippen molar-refractivity contribution < 1.29 is 49.0 Å². The molecule has 4 aromatic rings. The van der Waals surface area contributed by atoms with Crippen LogP contribution in [0.15, 0.2) is 84.5 Å². The first-order valence-electron chi connectivity index (χ1n) is 20.5. The van der Waals surface area contributed by atoms with Crippen molar-refractivity contribution in [2.45, 2.75) is 159 Å². The smallest absolute Gasteiger partial charge is 1.00 e. The Morgan fingerprint density at radius 3 is 1.42 bits per heavy atom. The van der Waals surface area contributed by atoms with Gasteiger partial charge in [-0.2, -0.15) is 23.8 Å². The Morgan fingerprint density at radius 2 is 1.04 bits per heavy atom. The zero-order valence-corrected chi connectivity index (χ0v) is 42.4. The van der Waals surface area contributed by atoms with Crippen molar-refractivity contribution in [3.8, 4) is 11.1 Å². The SMILES string of the molecule is CC(C)(C)c1[c-]c2c(cc1C(C)(C)C)-c1cc(C(C)(C)C)c(C(C)(C)C)cc1C2.CCC(C)(C)C1=[C-]CC=C1.Cc1ccc([C](=[Zr+2])c2ccc(C)cc2)cc1.[Cl-].[Cl-]. The van der Waals surface area contributed by atoms with Crippen molar-refractivity contribution in [3.05, 3.63) is 152 Å². The number of hydrogen-bond acceptors (Lipinski definition) is 0. The van der Waals surface area contributed by atoms with E-state index in [4.69, 9.17) is 0 Å².